The number of amides is 1. The molecule has 14 heavy (non-hydrogen) atoms. The molecule has 1 rings (SSSR count). The summed E-state index contributed by atoms with van der Waals surface area (Å²) in [6.45, 7) is 5.24. The van der Waals surface area contributed by atoms with E-state index >= 15 is 0 Å². The Morgan fingerprint density at radius 2 is 2.36 bits per heavy atom. The van der Waals surface area contributed by atoms with Crippen LogP contribution in [0.3, 0.4) is 0 Å². The van der Waals surface area contributed by atoms with Gasteiger partial charge in [0.1, 0.15) is 0 Å². The summed E-state index contributed by atoms with van der Waals surface area (Å²) < 4.78 is 0. The van der Waals surface area contributed by atoms with Crippen molar-refractivity contribution in [1.29, 1.82) is 0 Å². The minimum atomic E-state index is 0.201. The van der Waals surface area contributed by atoms with E-state index in [0.717, 1.165) is 13.0 Å². The summed E-state index contributed by atoms with van der Waals surface area (Å²) in [4.78, 5) is 11.0. The summed E-state index contributed by atoms with van der Waals surface area (Å²) in [5.41, 5.74) is 0. The molecule has 0 radical (unpaired) electrons. The first kappa shape index (κ1) is 11.5. The van der Waals surface area contributed by atoms with Crippen molar-refractivity contribution in [2.45, 2.75) is 58.0 Å². The summed E-state index contributed by atoms with van der Waals surface area (Å²) in [7, 11) is 0. The molecule has 1 heterocycles. The maximum atomic E-state index is 11.0. The van der Waals surface area contributed by atoms with Crippen LogP contribution in [0.25, 0.3) is 0 Å². The molecule has 1 aliphatic rings. The second-order valence-electron chi connectivity index (χ2n) is 4.10. The van der Waals surface area contributed by atoms with E-state index in [9.17, 15) is 4.79 Å². The van der Waals surface area contributed by atoms with E-state index in [-0.39, 0.29) is 5.91 Å². The standard InChI is InChI=1S/C11H22N2O/c1-3-5-9(4-2)13-10-6-7-11(14)12-8-10/h9-10,13H,3-8H2,1-2H3,(H,12,14). The van der Waals surface area contributed by atoms with Crippen LogP contribution >= 0.6 is 0 Å². The van der Waals surface area contributed by atoms with Crippen LogP contribution in [0.2, 0.25) is 0 Å². The second kappa shape index (κ2) is 6.02. The zero-order valence-electron chi connectivity index (χ0n) is 9.31. The molecular formula is C11H22N2O. The number of piperidine rings is 1. The van der Waals surface area contributed by atoms with Gasteiger partial charge in [-0.3, -0.25) is 4.79 Å². The Bertz CT molecular complexity index is 172. The van der Waals surface area contributed by atoms with E-state index in [2.05, 4.69) is 24.5 Å². The van der Waals surface area contributed by atoms with Crippen LogP contribution in [0, 0.1) is 0 Å². The molecule has 1 aliphatic heterocycles. The van der Waals surface area contributed by atoms with Crippen molar-refractivity contribution >= 4 is 5.91 Å². The van der Waals surface area contributed by atoms with E-state index in [0.29, 0.717) is 18.5 Å². The molecule has 82 valence electrons. The number of carbonyl (C=O) groups excluding carboxylic acids is 1. The molecule has 0 spiro atoms. The monoisotopic (exact) mass is 198 g/mol. The highest BCUT2D eigenvalue weighted by atomic mass is 16.1. The van der Waals surface area contributed by atoms with Gasteiger partial charge in [-0.2, -0.15) is 0 Å². The van der Waals surface area contributed by atoms with Crippen molar-refractivity contribution in [2.24, 2.45) is 0 Å². The third kappa shape index (κ3) is 3.66. The van der Waals surface area contributed by atoms with Crippen LogP contribution in [-0.4, -0.2) is 24.5 Å². The van der Waals surface area contributed by atoms with Crippen molar-refractivity contribution in [3.8, 4) is 0 Å². The zero-order valence-corrected chi connectivity index (χ0v) is 9.31. The molecule has 1 amide bonds. The third-order valence-electron chi connectivity index (χ3n) is 2.87. The van der Waals surface area contributed by atoms with Crippen molar-refractivity contribution in [1.82, 2.24) is 10.6 Å². The van der Waals surface area contributed by atoms with E-state index in [4.69, 9.17) is 0 Å². The van der Waals surface area contributed by atoms with Crippen molar-refractivity contribution in [3.05, 3.63) is 0 Å². The van der Waals surface area contributed by atoms with Gasteiger partial charge in [0.05, 0.1) is 0 Å². The van der Waals surface area contributed by atoms with E-state index in [1.54, 1.807) is 0 Å². The fourth-order valence-electron chi connectivity index (χ4n) is 1.96. The molecule has 0 aromatic heterocycles. The van der Waals surface area contributed by atoms with E-state index < -0.39 is 0 Å². The lowest BCUT2D eigenvalue weighted by Gasteiger charge is -2.28. The fraction of sp³-hybridized carbons (Fsp3) is 0.909. The minimum Gasteiger partial charge on any atom is -0.355 e. The smallest absolute Gasteiger partial charge is 0.220 e. The lowest BCUT2D eigenvalue weighted by Crippen LogP contribution is -2.49. The Balaban J connectivity index is 2.24. The number of nitrogens with one attached hydrogen (secondary N) is 2. The highest BCUT2D eigenvalue weighted by molar-refractivity contribution is 5.76. The van der Waals surface area contributed by atoms with Crippen LogP contribution in [0.5, 0.6) is 0 Å². The summed E-state index contributed by atoms with van der Waals surface area (Å²) in [6.07, 6.45) is 5.32. The maximum absolute atomic E-state index is 11.0. The Hall–Kier alpha value is -0.570. The number of hydrogen-bond donors (Lipinski definition) is 2. The normalized spacial score (nSPS) is 24.4. The third-order valence-corrected chi connectivity index (χ3v) is 2.87. The summed E-state index contributed by atoms with van der Waals surface area (Å²) >= 11 is 0. The van der Waals surface area contributed by atoms with E-state index in [1.165, 1.54) is 19.3 Å². The number of rotatable bonds is 5. The molecule has 0 aliphatic carbocycles. The molecule has 0 bridgehead atoms. The molecule has 3 heteroatoms. The highest BCUT2D eigenvalue weighted by Gasteiger charge is 2.19. The van der Waals surface area contributed by atoms with Gasteiger partial charge in [-0.15, -0.1) is 0 Å². The van der Waals surface area contributed by atoms with Gasteiger partial charge in [-0.25, -0.2) is 0 Å². The summed E-state index contributed by atoms with van der Waals surface area (Å²) in [6, 6.07) is 1.12. The van der Waals surface area contributed by atoms with Gasteiger partial charge in [-0.05, 0) is 19.3 Å². The number of hydrogen-bond acceptors (Lipinski definition) is 2. The van der Waals surface area contributed by atoms with Crippen LogP contribution in [-0.2, 0) is 4.79 Å². The van der Waals surface area contributed by atoms with Gasteiger partial charge in [0, 0.05) is 25.0 Å². The van der Waals surface area contributed by atoms with E-state index in [1.807, 2.05) is 0 Å². The lowest BCUT2D eigenvalue weighted by atomic mass is 10.0. The molecule has 0 saturated carbocycles. The predicted octanol–water partition coefficient (Wildman–Crippen LogP) is 1.43. The number of carbonyl (C=O) groups is 1. The minimum absolute atomic E-state index is 0.201. The average molecular weight is 198 g/mol. The lowest BCUT2D eigenvalue weighted by molar-refractivity contribution is -0.122. The van der Waals surface area contributed by atoms with Crippen molar-refractivity contribution in [2.75, 3.05) is 6.54 Å². The van der Waals surface area contributed by atoms with Crippen molar-refractivity contribution in [3.63, 3.8) is 0 Å². The average Bonchev–Trinajstić information content (AvgIpc) is 2.20. The fourth-order valence-corrected chi connectivity index (χ4v) is 1.96. The molecule has 2 atom stereocenters. The van der Waals surface area contributed by atoms with Gasteiger partial charge in [0.15, 0.2) is 0 Å². The van der Waals surface area contributed by atoms with Gasteiger partial charge < -0.3 is 10.6 Å². The first-order valence-corrected chi connectivity index (χ1v) is 5.79. The summed E-state index contributed by atoms with van der Waals surface area (Å²) in [5.74, 6) is 0.201. The zero-order chi connectivity index (χ0) is 10.4. The largest absolute Gasteiger partial charge is 0.355 e. The SMILES string of the molecule is CCCC(CC)NC1CCC(=O)NC1. The first-order chi connectivity index (χ1) is 6.76. The second-order valence-corrected chi connectivity index (χ2v) is 4.10. The maximum Gasteiger partial charge on any atom is 0.220 e. The van der Waals surface area contributed by atoms with Gasteiger partial charge in [-0.1, -0.05) is 20.3 Å². The Morgan fingerprint density at radius 3 is 2.86 bits per heavy atom. The molecule has 3 nitrogen and oxygen atoms in total. The Kier molecular flexibility index (Phi) is 4.94. The Morgan fingerprint density at radius 1 is 1.57 bits per heavy atom. The van der Waals surface area contributed by atoms with Crippen LogP contribution < -0.4 is 10.6 Å². The highest BCUT2D eigenvalue weighted by Crippen LogP contribution is 2.07. The predicted molar refractivity (Wildman–Crippen MR) is 58.2 cm³/mol. The van der Waals surface area contributed by atoms with Crippen LogP contribution in [0.1, 0.15) is 46.0 Å². The molecular weight excluding hydrogens is 176 g/mol. The summed E-state index contributed by atoms with van der Waals surface area (Å²) in [5, 5.41) is 6.51. The molecule has 0 aromatic rings. The topological polar surface area (TPSA) is 41.1 Å². The van der Waals surface area contributed by atoms with Crippen LogP contribution in [0.4, 0.5) is 0 Å². The van der Waals surface area contributed by atoms with Gasteiger partial charge in [0.25, 0.3) is 0 Å². The van der Waals surface area contributed by atoms with Crippen LogP contribution in [0.15, 0.2) is 0 Å². The molecule has 2 N–H and O–H groups in total. The molecule has 2 unspecified atom stereocenters. The van der Waals surface area contributed by atoms with Crippen molar-refractivity contribution < 1.29 is 4.79 Å². The molecule has 1 saturated heterocycles. The Labute approximate surface area is 86.6 Å². The van der Waals surface area contributed by atoms with Gasteiger partial charge >= 0.3 is 0 Å². The van der Waals surface area contributed by atoms with Gasteiger partial charge in [0.2, 0.25) is 5.91 Å². The molecule has 1 fully saturated rings. The molecule has 0 aromatic carbocycles. The quantitative estimate of drug-likeness (QED) is 0.701. The first-order valence-electron chi connectivity index (χ1n) is 5.79.